The first-order chi connectivity index (χ1) is 6.31. The average molecular weight is 287 g/mol. The predicted octanol–water partition coefficient (Wildman–Crippen LogP) is 2.16. The van der Waals surface area contributed by atoms with Crippen LogP contribution in [0.2, 0.25) is 0 Å². The third-order valence-corrected chi connectivity index (χ3v) is 2.79. The molecule has 0 atom stereocenters. The Kier molecular flexibility index (Phi) is 2.53. The van der Waals surface area contributed by atoms with Crippen molar-refractivity contribution in [3.05, 3.63) is 29.3 Å². The fraction of sp³-hybridized carbons (Fsp3) is 0.300. The zero-order chi connectivity index (χ0) is 9.26. The van der Waals surface area contributed by atoms with Crippen LogP contribution in [0.15, 0.2) is 18.2 Å². The molecule has 3 heteroatoms. The molecule has 0 saturated carbocycles. The number of carbonyl (C=O) groups excluding carboxylic acids is 1. The van der Waals surface area contributed by atoms with E-state index >= 15 is 0 Å². The molecule has 1 amide bonds. The lowest BCUT2D eigenvalue weighted by molar-refractivity contribution is -0.115. The number of fused-ring (bicyclic) bond motifs is 1. The summed E-state index contributed by atoms with van der Waals surface area (Å²) in [5.74, 6) is 0.121. The lowest BCUT2D eigenvalue weighted by atomic mass is 10.0. The summed E-state index contributed by atoms with van der Waals surface area (Å²) in [5, 5.41) is 2.85. The molecule has 68 valence electrons. The van der Waals surface area contributed by atoms with Crippen LogP contribution in [0, 0.1) is 0 Å². The van der Waals surface area contributed by atoms with Crippen molar-refractivity contribution in [2.75, 3.05) is 9.74 Å². The van der Waals surface area contributed by atoms with Crippen LogP contribution in [0.1, 0.15) is 11.1 Å². The number of carbonyl (C=O) groups is 1. The van der Waals surface area contributed by atoms with Crippen LogP contribution in [0.5, 0.6) is 0 Å². The summed E-state index contributed by atoms with van der Waals surface area (Å²) in [6.45, 7) is 0. The van der Waals surface area contributed by atoms with E-state index < -0.39 is 0 Å². The van der Waals surface area contributed by atoms with Crippen molar-refractivity contribution in [2.45, 2.75) is 12.8 Å². The van der Waals surface area contributed by atoms with E-state index in [0.717, 1.165) is 16.5 Å². The van der Waals surface area contributed by atoms with Crippen molar-refractivity contribution in [3.8, 4) is 0 Å². The van der Waals surface area contributed by atoms with Gasteiger partial charge in [-0.3, -0.25) is 4.79 Å². The number of rotatable bonds is 2. The summed E-state index contributed by atoms with van der Waals surface area (Å²) in [6, 6.07) is 6.08. The summed E-state index contributed by atoms with van der Waals surface area (Å²) in [7, 11) is 0. The molecule has 1 aliphatic rings. The molecule has 0 fully saturated rings. The molecule has 0 saturated heterocycles. The van der Waals surface area contributed by atoms with Gasteiger partial charge in [0.25, 0.3) is 0 Å². The van der Waals surface area contributed by atoms with Gasteiger partial charge < -0.3 is 5.32 Å². The first kappa shape index (κ1) is 8.99. The molecule has 0 radical (unpaired) electrons. The van der Waals surface area contributed by atoms with Gasteiger partial charge in [0.15, 0.2) is 0 Å². The van der Waals surface area contributed by atoms with Gasteiger partial charge in [-0.2, -0.15) is 0 Å². The van der Waals surface area contributed by atoms with Crippen LogP contribution in [0.4, 0.5) is 5.69 Å². The number of hydrogen-bond donors (Lipinski definition) is 1. The second-order valence-corrected chi connectivity index (χ2v) is 4.19. The maximum Gasteiger partial charge on any atom is 0.228 e. The van der Waals surface area contributed by atoms with Gasteiger partial charge in [0.1, 0.15) is 0 Å². The van der Waals surface area contributed by atoms with Crippen molar-refractivity contribution in [1.29, 1.82) is 0 Å². The smallest absolute Gasteiger partial charge is 0.228 e. The third kappa shape index (κ3) is 1.70. The highest BCUT2D eigenvalue weighted by Crippen LogP contribution is 2.26. The largest absolute Gasteiger partial charge is 0.326 e. The van der Waals surface area contributed by atoms with E-state index in [2.05, 4.69) is 34.0 Å². The van der Waals surface area contributed by atoms with E-state index in [4.69, 9.17) is 0 Å². The van der Waals surface area contributed by atoms with Gasteiger partial charge in [-0.05, 0) is 23.6 Å². The molecule has 2 nitrogen and oxygen atoms in total. The minimum Gasteiger partial charge on any atom is -0.326 e. The summed E-state index contributed by atoms with van der Waals surface area (Å²) < 4.78 is 1.10. The predicted molar refractivity (Wildman–Crippen MR) is 61.4 cm³/mol. The maximum absolute atomic E-state index is 11.1. The Hall–Kier alpha value is -0.580. The zero-order valence-electron chi connectivity index (χ0n) is 7.14. The molecule has 0 aromatic heterocycles. The Morgan fingerprint density at radius 1 is 1.46 bits per heavy atom. The Bertz CT molecular complexity index is 349. The SMILES string of the molecule is O=C1Cc2c(CCI)cccc2N1. The molecule has 2 rings (SSSR count). The number of alkyl halides is 1. The van der Waals surface area contributed by atoms with Crippen LogP contribution in [0.25, 0.3) is 0 Å². The van der Waals surface area contributed by atoms with E-state index in [0.29, 0.717) is 6.42 Å². The first-order valence-corrected chi connectivity index (χ1v) is 5.80. The van der Waals surface area contributed by atoms with Gasteiger partial charge in [0.05, 0.1) is 6.42 Å². The minimum absolute atomic E-state index is 0.121. The lowest BCUT2D eigenvalue weighted by Crippen LogP contribution is -2.03. The van der Waals surface area contributed by atoms with Gasteiger partial charge in [0, 0.05) is 10.1 Å². The maximum atomic E-state index is 11.1. The number of anilines is 1. The molecule has 1 aliphatic heterocycles. The highest BCUT2D eigenvalue weighted by atomic mass is 127. The molecule has 0 bridgehead atoms. The second kappa shape index (κ2) is 3.65. The Balaban J connectivity index is 2.39. The van der Waals surface area contributed by atoms with Gasteiger partial charge in [-0.25, -0.2) is 0 Å². The minimum atomic E-state index is 0.121. The average Bonchev–Trinajstić information content (AvgIpc) is 2.47. The number of halogens is 1. The number of hydrogen-bond acceptors (Lipinski definition) is 1. The van der Waals surface area contributed by atoms with Crippen molar-refractivity contribution >= 4 is 34.2 Å². The second-order valence-electron chi connectivity index (χ2n) is 3.11. The monoisotopic (exact) mass is 287 g/mol. The number of amides is 1. The molecular weight excluding hydrogens is 277 g/mol. The third-order valence-electron chi connectivity index (χ3n) is 2.25. The quantitative estimate of drug-likeness (QED) is 0.655. The molecule has 1 aromatic rings. The molecule has 1 N–H and O–H groups in total. The lowest BCUT2D eigenvalue weighted by Gasteiger charge is -2.04. The number of benzene rings is 1. The Morgan fingerprint density at radius 3 is 3.08 bits per heavy atom. The summed E-state index contributed by atoms with van der Waals surface area (Å²) in [5.41, 5.74) is 3.52. The molecule has 13 heavy (non-hydrogen) atoms. The molecule has 0 spiro atoms. The Labute approximate surface area is 90.9 Å². The van der Waals surface area contributed by atoms with Crippen molar-refractivity contribution in [1.82, 2.24) is 0 Å². The van der Waals surface area contributed by atoms with Crippen LogP contribution in [-0.2, 0) is 17.6 Å². The van der Waals surface area contributed by atoms with Crippen LogP contribution in [0.3, 0.4) is 0 Å². The van der Waals surface area contributed by atoms with E-state index in [1.807, 2.05) is 12.1 Å². The molecule has 1 aromatic carbocycles. The van der Waals surface area contributed by atoms with Crippen LogP contribution in [-0.4, -0.2) is 10.3 Å². The molecule has 0 aliphatic carbocycles. The molecule has 0 unspecified atom stereocenters. The Morgan fingerprint density at radius 2 is 2.31 bits per heavy atom. The summed E-state index contributed by atoms with van der Waals surface area (Å²) in [6.07, 6.45) is 1.61. The summed E-state index contributed by atoms with van der Waals surface area (Å²) in [4.78, 5) is 11.1. The number of nitrogens with one attached hydrogen (secondary N) is 1. The first-order valence-electron chi connectivity index (χ1n) is 4.28. The van der Waals surface area contributed by atoms with E-state index in [9.17, 15) is 4.79 Å². The van der Waals surface area contributed by atoms with Crippen LogP contribution < -0.4 is 5.32 Å². The highest BCUT2D eigenvalue weighted by Gasteiger charge is 2.19. The van der Waals surface area contributed by atoms with E-state index in [1.54, 1.807) is 0 Å². The number of aryl methyl sites for hydroxylation is 1. The topological polar surface area (TPSA) is 29.1 Å². The molecular formula is C10H10INO. The van der Waals surface area contributed by atoms with Gasteiger partial charge >= 0.3 is 0 Å². The van der Waals surface area contributed by atoms with Crippen molar-refractivity contribution in [3.63, 3.8) is 0 Å². The van der Waals surface area contributed by atoms with Crippen LogP contribution >= 0.6 is 22.6 Å². The normalized spacial score (nSPS) is 14.1. The van der Waals surface area contributed by atoms with E-state index in [-0.39, 0.29) is 5.91 Å². The highest BCUT2D eigenvalue weighted by molar-refractivity contribution is 14.1. The fourth-order valence-corrected chi connectivity index (χ4v) is 2.23. The van der Waals surface area contributed by atoms with Crippen molar-refractivity contribution in [2.24, 2.45) is 0 Å². The molecule has 1 heterocycles. The van der Waals surface area contributed by atoms with Gasteiger partial charge in [0.2, 0.25) is 5.91 Å². The van der Waals surface area contributed by atoms with E-state index in [1.165, 1.54) is 11.1 Å². The van der Waals surface area contributed by atoms with Gasteiger partial charge in [-0.1, -0.05) is 34.7 Å². The standard InChI is InChI=1S/C10H10INO/c11-5-4-7-2-1-3-9-8(7)6-10(13)12-9/h1-3H,4-6H2,(H,12,13). The van der Waals surface area contributed by atoms with Gasteiger partial charge in [-0.15, -0.1) is 0 Å². The summed E-state index contributed by atoms with van der Waals surface area (Å²) >= 11 is 2.36. The fourth-order valence-electron chi connectivity index (χ4n) is 1.65. The van der Waals surface area contributed by atoms with Crippen molar-refractivity contribution < 1.29 is 4.79 Å². The zero-order valence-corrected chi connectivity index (χ0v) is 9.30.